The molecule has 4 heterocycles. The fourth-order valence-corrected chi connectivity index (χ4v) is 4.65. The average Bonchev–Trinajstić information content (AvgIpc) is 2.94. The molecule has 0 radical (unpaired) electrons. The first-order valence-electron chi connectivity index (χ1n) is 9.80. The number of rotatable bonds is 4. The van der Waals surface area contributed by atoms with Crippen LogP contribution in [0.25, 0.3) is 11.3 Å². The van der Waals surface area contributed by atoms with Gasteiger partial charge in [0.1, 0.15) is 18.1 Å². The molecule has 2 aliphatic heterocycles. The first-order chi connectivity index (χ1) is 14.5. The van der Waals surface area contributed by atoms with E-state index in [1.807, 2.05) is 0 Å². The molecule has 0 aromatic carbocycles. The van der Waals surface area contributed by atoms with Crippen molar-refractivity contribution in [3.8, 4) is 11.3 Å². The maximum Gasteiger partial charge on any atom is 0.419 e. The van der Waals surface area contributed by atoms with Gasteiger partial charge in [-0.2, -0.15) is 26.3 Å². The Bertz CT molecular complexity index is 987. The maximum absolute atomic E-state index is 13.2. The van der Waals surface area contributed by atoms with E-state index in [-0.39, 0.29) is 35.0 Å². The molecule has 2 saturated heterocycles. The van der Waals surface area contributed by atoms with Gasteiger partial charge in [-0.15, -0.1) is 0 Å². The van der Waals surface area contributed by atoms with E-state index in [0.29, 0.717) is 19.3 Å². The number of ether oxygens (including phenoxy) is 1. The molecule has 2 aromatic rings. The summed E-state index contributed by atoms with van der Waals surface area (Å²) in [5.74, 6) is -0.497. The van der Waals surface area contributed by atoms with Gasteiger partial charge >= 0.3 is 12.4 Å². The second kappa shape index (κ2) is 6.83. The third-order valence-corrected chi connectivity index (χ3v) is 6.32. The topological polar surface area (TPSA) is 69.2 Å². The third-order valence-electron chi connectivity index (χ3n) is 6.32. The molecule has 0 spiro atoms. The summed E-state index contributed by atoms with van der Waals surface area (Å²) in [4.78, 5) is 9.90. The Balaban J connectivity index is 1.45. The molecule has 2 N–H and O–H groups in total. The minimum absolute atomic E-state index is 0.0199. The number of pyridine rings is 1. The van der Waals surface area contributed by atoms with Crippen LogP contribution in [-0.4, -0.2) is 58.0 Å². The van der Waals surface area contributed by atoms with E-state index >= 15 is 0 Å². The van der Waals surface area contributed by atoms with Gasteiger partial charge in [0.05, 0.1) is 30.5 Å². The number of piperidine rings is 1. The molecule has 2 atom stereocenters. The highest BCUT2D eigenvalue weighted by Crippen LogP contribution is 2.56. The van der Waals surface area contributed by atoms with Crippen LogP contribution in [0.15, 0.2) is 18.5 Å². The quantitative estimate of drug-likeness (QED) is 0.730. The number of hydrogen-bond donors (Lipinski definition) is 1. The highest BCUT2D eigenvalue weighted by molar-refractivity contribution is 5.62. The summed E-state index contributed by atoms with van der Waals surface area (Å²) in [7, 11) is 0. The summed E-state index contributed by atoms with van der Waals surface area (Å²) in [6.07, 6.45) is -7.96. The molecule has 6 nitrogen and oxygen atoms in total. The second-order valence-electron chi connectivity index (χ2n) is 8.36. The van der Waals surface area contributed by atoms with Crippen molar-refractivity contribution in [1.29, 1.82) is 0 Å². The molecule has 1 aliphatic carbocycles. The van der Waals surface area contributed by atoms with Crippen molar-refractivity contribution in [3.05, 3.63) is 29.8 Å². The lowest BCUT2D eigenvalue weighted by atomic mass is 10.1. The summed E-state index contributed by atoms with van der Waals surface area (Å²) in [6.45, 7) is 2.88. The molecule has 5 rings (SSSR count). The SMILES string of the molecule is Nc1ncc(-c2cn(C3C4CN(C5COC5)CC43)c(CC(F)(F)F)n2)cc1C(F)(F)F. The van der Waals surface area contributed by atoms with Crippen LogP contribution < -0.4 is 5.73 Å². The third kappa shape index (κ3) is 3.75. The van der Waals surface area contributed by atoms with Gasteiger partial charge in [0.15, 0.2) is 0 Å². The lowest BCUT2D eigenvalue weighted by molar-refractivity contribution is -0.137. The number of anilines is 1. The number of nitrogens with two attached hydrogens (primary N) is 1. The standard InChI is InChI=1S/C19H19F6N5O/c20-18(21,22)2-15-28-14(9-1-13(19(23,24)25)17(26)27-3-9)6-30(15)16-11-4-29(5-12(11)16)10-7-31-8-10/h1,3,6,10-12,16H,2,4-5,7-8H2,(H2,26,27). The van der Waals surface area contributed by atoms with Crippen LogP contribution in [0, 0.1) is 11.8 Å². The van der Waals surface area contributed by atoms with Crippen molar-refractivity contribution in [2.75, 3.05) is 32.0 Å². The molecule has 1 saturated carbocycles. The Morgan fingerprint density at radius 1 is 1.10 bits per heavy atom. The zero-order valence-corrected chi connectivity index (χ0v) is 16.1. The number of hydrogen-bond acceptors (Lipinski definition) is 5. The summed E-state index contributed by atoms with van der Waals surface area (Å²) in [6, 6.07) is 1.00. The number of aromatic nitrogens is 3. The Kier molecular flexibility index (Phi) is 4.53. The number of fused-ring (bicyclic) bond motifs is 1. The second-order valence-corrected chi connectivity index (χ2v) is 8.36. The van der Waals surface area contributed by atoms with Gasteiger partial charge in [-0.05, 0) is 17.9 Å². The monoisotopic (exact) mass is 447 g/mol. The van der Waals surface area contributed by atoms with Crippen molar-refractivity contribution in [2.45, 2.75) is 30.9 Å². The van der Waals surface area contributed by atoms with Gasteiger partial charge in [-0.3, -0.25) is 4.90 Å². The van der Waals surface area contributed by atoms with Gasteiger partial charge < -0.3 is 15.0 Å². The number of nitrogen functional groups attached to an aromatic ring is 1. The van der Waals surface area contributed by atoms with Crippen LogP contribution >= 0.6 is 0 Å². The van der Waals surface area contributed by atoms with Crippen LogP contribution in [0.4, 0.5) is 32.2 Å². The Morgan fingerprint density at radius 2 is 1.77 bits per heavy atom. The van der Waals surface area contributed by atoms with Crippen LogP contribution in [0.5, 0.6) is 0 Å². The molecular weight excluding hydrogens is 428 g/mol. The molecule has 0 amide bonds. The van der Waals surface area contributed by atoms with Crippen molar-refractivity contribution < 1.29 is 31.1 Å². The summed E-state index contributed by atoms with van der Waals surface area (Å²) >= 11 is 0. The molecule has 31 heavy (non-hydrogen) atoms. The number of alkyl halides is 6. The lowest BCUT2D eigenvalue weighted by Crippen LogP contribution is -2.49. The molecule has 3 fully saturated rings. The van der Waals surface area contributed by atoms with E-state index in [1.54, 1.807) is 0 Å². The molecule has 12 heteroatoms. The fraction of sp³-hybridized carbons (Fsp3) is 0.579. The lowest BCUT2D eigenvalue weighted by Gasteiger charge is -2.36. The van der Waals surface area contributed by atoms with E-state index < -0.39 is 30.2 Å². The van der Waals surface area contributed by atoms with Gasteiger partial charge in [0.2, 0.25) is 0 Å². The number of nitrogens with zero attached hydrogens (tertiary/aromatic N) is 4. The summed E-state index contributed by atoms with van der Waals surface area (Å²) < 4.78 is 85.7. The zero-order chi connectivity index (χ0) is 22.1. The molecule has 2 unspecified atom stereocenters. The fourth-order valence-electron chi connectivity index (χ4n) is 4.65. The normalized spacial score (nSPS) is 26.7. The highest BCUT2D eigenvalue weighted by atomic mass is 19.4. The zero-order valence-electron chi connectivity index (χ0n) is 16.1. The number of halogens is 6. The first-order valence-corrected chi connectivity index (χ1v) is 9.80. The Hall–Kier alpha value is -2.34. The van der Waals surface area contributed by atoms with E-state index in [2.05, 4.69) is 14.9 Å². The minimum Gasteiger partial charge on any atom is -0.383 e. The predicted molar refractivity (Wildman–Crippen MR) is 96.8 cm³/mol. The van der Waals surface area contributed by atoms with Gasteiger partial charge in [0, 0.05) is 37.1 Å². The van der Waals surface area contributed by atoms with Crippen molar-refractivity contribution in [3.63, 3.8) is 0 Å². The minimum atomic E-state index is -4.73. The molecule has 3 aliphatic rings. The molecule has 0 bridgehead atoms. The van der Waals surface area contributed by atoms with Gasteiger partial charge in [-0.1, -0.05) is 0 Å². The largest absolute Gasteiger partial charge is 0.419 e. The predicted octanol–water partition coefficient (Wildman–Crippen LogP) is 3.15. The summed E-state index contributed by atoms with van der Waals surface area (Å²) in [5.41, 5.74) is 4.18. The van der Waals surface area contributed by atoms with Crippen LogP contribution in [0.2, 0.25) is 0 Å². The molecule has 168 valence electrons. The Morgan fingerprint density at radius 3 is 2.32 bits per heavy atom. The first kappa shape index (κ1) is 20.6. The smallest absolute Gasteiger partial charge is 0.383 e. The van der Waals surface area contributed by atoms with Crippen LogP contribution in [-0.2, 0) is 17.3 Å². The van der Waals surface area contributed by atoms with E-state index in [4.69, 9.17) is 10.5 Å². The van der Waals surface area contributed by atoms with Crippen molar-refractivity contribution in [2.24, 2.45) is 11.8 Å². The highest BCUT2D eigenvalue weighted by Gasteiger charge is 2.58. The van der Waals surface area contributed by atoms with Crippen LogP contribution in [0.1, 0.15) is 17.4 Å². The average molecular weight is 447 g/mol. The van der Waals surface area contributed by atoms with E-state index in [1.165, 1.54) is 10.8 Å². The maximum atomic E-state index is 13.2. The molecule has 2 aromatic heterocycles. The van der Waals surface area contributed by atoms with Gasteiger partial charge in [0.25, 0.3) is 0 Å². The van der Waals surface area contributed by atoms with Crippen molar-refractivity contribution in [1.82, 2.24) is 19.4 Å². The van der Waals surface area contributed by atoms with E-state index in [0.717, 1.165) is 25.4 Å². The van der Waals surface area contributed by atoms with E-state index in [9.17, 15) is 26.3 Å². The van der Waals surface area contributed by atoms with Gasteiger partial charge in [-0.25, -0.2) is 9.97 Å². The van der Waals surface area contributed by atoms with Crippen LogP contribution in [0.3, 0.4) is 0 Å². The number of imidazole rings is 1. The number of likely N-dealkylation sites (tertiary alicyclic amines) is 1. The summed E-state index contributed by atoms with van der Waals surface area (Å²) in [5, 5.41) is 0. The van der Waals surface area contributed by atoms with Crippen molar-refractivity contribution >= 4 is 5.82 Å². The Labute approximate surface area is 173 Å². The molecular formula is C19H19F6N5O.